The molecule has 1 fully saturated rings. The van der Waals surface area contributed by atoms with Crippen molar-refractivity contribution in [2.24, 2.45) is 0 Å². The highest BCUT2D eigenvalue weighted by atomic mass is 16.5. The van der Waals surface area contributed by atoms with Gasteiger partial charge in [-0.05, 0) is 70.4 Å². The average Bonchev–Trinajstić information content (AvgIpc) is 3.06. The number of likely N-dealkylation sites (N-methyl/N-ethyl adjacent to an activating group) is 1. The molecule has 0 radical (unpaired) electrons. The van der Waals surface area contributed by atoms with Crippen molar-refractivity contribution in [3.63, 3.8) is 0 Å². The molecule has 8 nitrogen and oxygen atoms in total. The van der Waals surface area contributed by atoms with Gasteiger partial charge >= 0.3 is 0 Å². The number of likely N-dealkylation sites (tertiary alicyclic amines) is 1. The van der Waals surface area contributed by atoms with Gasteiger partial charge in [-0.15, -0.1) is 0 Å². The summed E-state index contributed by atoms with van der Waals surface area (Å²) >= 11 is 0. The van der Waals surface area contributed by atoms with Gasteiger partial charge in [-0.25, -0.2) is 0 Å². The molecule has 2 aromatic carbocycles. The smallest absolute Gasteiger partial charge is 0.295 e. The SMILES string of the molecule is COc1ccc(OC)c([C@H]2/C(=C(\O)c3ccc(OC(C)C)cc3)C(=O)C(=O)N2CCN(C)C)c1. The molecule has 0 saturated carbocycles. The standard InChI is InChI=1S/C26H32N2O6/c1-16(2)34-18-9-7-17(8-10-18)24(29)22-23(20-15-19(32-5)11-12-21(20)33-6)28(14-13-27(3)4)26(31)25(22)30/h7-12,15-16,23,29H,13-14H2,1-6H3/b24-22+/t23-/m0/s1. The maximum atomic E-state index is 13.2. The van der Waals surface area contributed by atoms with E-state index >= 15 is 0 Å². The Labute approximate surface area is 200 Å². The van der Waals surface area contributed by atoms with Crippen LogP contribution in [-0.4, -0.2) is 74.1 Å². The first-order chi connectivity index (χ1) is 16.2. The summed E-state index contributed by atoms with van der Waals surface area (Å²) in [4.78, 5) is 29.7. The summed E-state index contributed by atoms with van der Waals surface area (Å²) in [6, 6.07) is 11.1. The number of aliphatic hydroxyl groups is 1. The van der Waals surface area contributed by atoms with Crippen molar-refractivity contribution in [3.05, 3.63) is 59.2 Å². The van der Waals surface area contributed by atoms with Crippen molar-refractivity contribution in [1.29, 1.82) is 0 Å². The molecule has 1 amide bonds. The maximum absolute atomic E-state index is 13.2. The molecule has 1 N–H and O–H groups in total. The first-order valence-corrected chi connectivity index (χ1v) is 11.1. The molecule has 1 heterocycles. The summed E-state index contributed by atoms with van der Waals surface area (Å²) in [7, 11) is 6.83. The van der Waals surface area contributed by atoms with Crippen molar-refractivity contribution in [3.8, 4) is 17.2 Å². The van der Waals surface area contributed by atoms with E-state index in [-0.39, 0.29) is 17.4 Å². The first kappa shape index (κ1) is 25.1. The summed E-state index contributed by atoms with van der Waals surface area (Å²) in [6.45, 7) is 4.67. The number of methoxy groups -OCH3 is 2. The van der Waals surface area contributed by atoms with Crippen LogP contribution in [0.2, 0.25) is 0 Å². The number of hydrogen-bond donors (Lipinski definition) is 1. The van der Waals surface area contributed by atoms with Gasteiger partial charge in [-0.2, -0.15) is 0 Å². The van der Waals surface area contributed by atoms with Gasteiger partial charge in [0.2, 0.25) is 0 Å². The Bertz CT molecular complexity index is 1080. The minimum absolute atomic E-state index is 0.00185. The topological polar surface area (TPSA) is 88.5 Å². The van der Waals surface area contributed by atoms with Crippen LogP contribution < -0.4 is 14.2 Å². The van der Waals surface area contributed by atoms with Gasteiger partial charge in [0.25, 0.3) is 11.7 Å². The van der Waals surface area contributed by atoms with Crippen LogP contribution in [0.3, 0.4) is 0 Å². The second-order valence-corrected chi connectivity index (χ2v) is 8.59. The van der Waals surface area contributed by atoms with Gasteiger partial charge in [0.15, 0.2) is 0 Å². The van der Waals surface area contributed by atoms with Gasteiger partial charge in [0.1, 0.15) is 23.0 Å². The third kappa shape index (κ3) is 5.17. The number of amides is 1. The van der Waals surface area contributed by atoms with Gasteiger partial charge < -0.3 is 29.1 Å². The second kappa shape index (κ2) is 10.6. The van der Waals surface area contributed by atoms with Gasteiger partial charge in [0.05, 0.1) is 31.9 Å². The average molecular weight is 469 g/mol. The molecule has 1 aliphatic rings. The van der Waals surface area contributed by atoms with E-state index in [1.165, 1.54) is 19.1 Å². The minimum atomic E-state index is -0.836. The zero-order valence-electron chi connectivity index (χ0n) is 20.5. The highest BCUT2D eigenvalue weighted by Gasteiger charge is 2.47. The van der Waals surface area contributed by atoms with E-state index in [9.17, 15) is 14.7 Å². The Morgan fingerprint density at radius 1 is 1.03 bits per heavy atom. The maximum Gasteiger partial charge on any atom is 0.295 e. The lowest BCUT2D eigenvalue weighted by Gasteiger charge is -2.28. The van der Waals surface area contributed by atoms with Gasteiger partial charge in [-0.1, -0.05) is 0 Å². The van der Waals surface area contributed by atoms with Crippen molar-refractivity contribution >= 4 is 17.4 Å². The Kier molecular flexibility index (Phi) is 7.83. The zero-order valence-corrected chi connectivity index (χ0v) is 20.5. The molecule has 34 heavy (non-hydrogen) atoms. The quantitative estimate of drug-likeness (QED) is 0.342. The Balaban J connectivity index is 2.17. The molecule has 0 aliphatic carbocycles. The van der Waals surface area contributed by atoms with Crippen LogP contribution in [0.15, 0.2) is 48.0 Å². The molecule has 0 bridgehead atoms. The third-order valence-electron chi connectivity index (χ3n) is 5.56. The van der Waals surface area contributed by atoms with Crippen LogP contribution in [0.25, 0.3) is 5.76 Å². The molecule has 2 aromatic rings. The molecular formula is C26H32N2O6. The zero-order chi connectivity index (χ0) is 25.0. The first-order valence-electron chi connectivity index (χ1n) is 11.1. The van der Waals surface area contributed by atoms with Gasteiger partial charge in [-0.3, -0.25) is 9.59 Å². The molecular weight excluding hydrogens is 436 g/mol. The summed E-state index contributed by atoms with van der Waals surface area (Å²) in [6.07, 6.45) is 0.00185. The number of Topliss-reactive ketones (excluding diaryl/α,β-unsaturated/α-hetero) is 1. The van der Waals surface area contributed by atoms with Crippen molar-refractivity contribution in [2.45, 2.75) is 26.0 Å². The number of benzene rings is 2. The number of nitrogens with zero attached hydrogens (tertiary/aromatic N) is 2. The number of carbonyl (C=O) groups is 2. The van der Waals surface area contributed by atoms with E-state index in [2.05, 4.69) is 0 Å². The van der Waals surface area contributed by atoms with Crippen LogP contribution in [-0.2, 0) is 9.59 Å². The highest BCUT2D eigenvalue weighted by Crippen LogP contribution is 2.43. The van der Waals surface area contributed by atoms with Crippen LogP contribution in [0.5, 0.6) is 17.2 Å². The largest absolute Gasteiger partial charge is 0.507 e. The van der Waals surface area contributed by atoms with Crippen LogP contribution >= 0.6 is 0 Å². The lowest BCUT2D eigenvalue weighted by molar-refractivity contribution is -0.140. The Morgan fingerprint density at radius 3 is 2.24 bits per heavy atom. The fourth-order valence-corrected chi connectivity index (χ4v) is 3.91. The van der Waals surface area contributed by atoms with Crippen molar-refractivity contribution in [1.82, 2.24) is 9.80 Å². The van der Waals surface area contributed by atoms with E-state index in [0.29, 0.717) is 41.5 Å². The number of carbonyl (C=O) groups excluding carboxylic acids is 2. The lowest BCUT2D eigenvalue weighted by Crippen LogP contribution is -2.35. The molecule has 1 saturated heterocycles. The Morgan fingerprint density at radius 2 is 1.68 bits per heavy atom. The van der Waals surface area contributed by atoms with Gasteiger partial charge in [0, 0.05) is 24.2 Å². The molecule has 0 aromatic heterocycles. The second-order valence-electron chi connectivity index (χ2n) is 8.59. The fraction of sp³-hybridized carbons (Fsp3) is 0.385. The fourth-order valence-electron chi connectivity index (χ4n) is 3.91. The van der Waals surface area contributed by atoms with Crippen molar-refractivity contribution < 1.29 is 28.9 Å². The number of aliphatic hydroxyl groups excluding tert-OH is 1. The monoisotopic (exact) mass is 468 g/mol. The number of rotatable bonds is 9. The molecule has 8 heteroatoms. The van der Waals surface area contributed by atoms with E-state index in [1.54, 1.807) is 42.5 Å². The normalized spacial score (nSPS) is 17.5. The summed E-state index contributed by atoms with van der Waals surface area (Å²) in [5.74, 6) is 0.00524. The molecule has 1 atom stereocenters. The van der Waals surface area contributed by atoms with E-state index in [0.717, 1.165) is 0 Å². The summed E-state index contributed by atoms with van der Waals surface area (Å²) in [5.41, 5.74) is 0.975. The molecule has 0 spiro atoms. The summed E-state index contributed by atoms with van der Waals surface area (Å²) in [5, 5.41) is 11.3. The lowest BCUT2D eigenvalue weighted by atomic mass is 9.94. The van der Waals surface area contributed by atoms with Crippen molar-refractivity contribution in [2.75, 3.05) is 41.4 Å². The number of ether oxygens (including phenoxy) is 3. The summed E-state index contributed by atoms with van der Waals surface area (Å²) < 4.78 is 16.6. The third-order valence-corrected chi connectivity index (χ3v) is 5.56. The van der Waals surface area contributed by atoms with Crippen LogP contribution in [0.1, 0.15) is 31.0 Å². The number of ketones is 1. The van der Waals surface area contributed by atoms with Crippen LogP contribution in [0.4, 0.5) is 0 Å². The highest BCUT2D eigenvalue weighted by molar-refractivity contribution is 6.46. The van der Waals surface area contributed by atoms with Crippen LogP contribution in [0, 0.1) is 0 Å². The number of hydrogen-bond acceptors (Lipinski definition) is 7. The minimum Gasteiger partial charge on any atom is -0.507 e. The van der Waals surface area contributed by atoms with E-state index in [1.807, 2.05) is 32.8 Å². The van der Waals surface area contributed by atoms with E-state index in [4.69, 9.17) is 14.2 Å². The predicted molar refractivity (Wildman–Crippen MR) is 129 cm³/mol. The molecule has 3 rings (SSSR count). The Hall–Kier alpha value is -3.52. The molecule has 1 aliphatic heterocycles. The van der Waals surface area contributed by atoms with E-state index < -0.39 is 17.7 Å². The predicted octanol–water partition coefficient (Wildman–Crippen LogP) is 3.47. The molecule has 0 unspecified atom stereocenters. The molecule has 182 valence electrons.